The molecule has 6 nitrogen and oxygen atoms in total. The molecule has 0 saturated carbocycles. The van der Waals surface area contributed by atoms with Crippen LogP contribution in [0.3, 0.4) is 0 Å². The molecule has 1 atom stereocenters. The van der Waals surface area contributed by atoms with E-state index in [2.05, 4.69) is 4.74 Å². The number of hydrogen-bond donors (Lipinski definition) is 0. The lowest BCUT2D eigenvalue weighted by Crippen LogP contribution is -2.23. The third-order valence-corrected chi connectivity index (χ3v) is 1.58. The Morgan fingerprint density at radius 2 is 1.47 bits per heavy atom. The summed E-state index contributed by atoms with van der Waals surface area (Å²) >= 11 is 0. The van der Waals surface area contributed by atoms with Crippen LogP contribution in [0.2, 0.25) is 0 Å². The summed E-state index contributed by atoms with van der Waals surface area (Å²) in [6.07, 6.45) is -0.629. The monoisotopic (exact) mass is 248 g/mol. The van der Waals surface area contributed by atoms with Gasteiger partial charge in [-0.05, 0) is 19.8 Å². The highest BCUT2D eigenvalue weighted by Crippen LogP contribution is 1.98. The number of carbonyl (C=O) groups is 2. The molecule has 0 radical (unpaired) electrons. The van der Waals surface area contributed by atoms with Gasteiger partial charge in [0.15, 0.2) is 0 Å². The predicted octanol–water partition coefficient (Wildman–Crippen LogP) is 2.50. The van der Waals surface area contributed by atoms with E-state index in [0.29, 0.717) is 13.2 Å². The van der Waals surface area contributed by atoms with Crippen LogP contribution in [0.1, 0.15) is 33.6 Å². The largest absolute Gasteiger partial charge is 0.508 e. The van der Waals surface area contributed by atoms with Crippen LogP contribution in [0, 0.1) is 0 Å². The van der Waals surface area contributed by atoms with Crippen molar-refractivity contribution >= 4 is 12.3 Å². The van der Waals surface area contributed by atoms with Gasteiger partial charge in [-0.3, -0.25) is 0 Å². The van der Waals surface area contributed by atoms with Crippen molar-refractivity contribution in [3.8, 4) is 0 Å². The summed E-state index contributed by atoms with van der Waals surface area (Å²) < 4.78 is 18.9. The standard InChI is InChI=1S/C11H20O6/c1-4-6-14-10(12)16-8-9(3)17-11(13)15-7-5-2/h9H,4-8H2,1-3H3. The number of ether oxygens (including phenoxy) is 4. The first-order chi connectivity index (χ1) is 8.10. The highest BCUT2D eigenvalue weighted by atomic mass is 16.7. The number of rotatable bonds is 7. The normalized spacial score (nSPS) is 11.5. The molecule has 0 heterocycles. The Hall–Kier alpha value is -1.46. The Bertz CT molecular complexity index is 228. The van der Waals surface area contributed by atoms with Crippen molar-refractivity contribution in [3.63, 3.8) is 0 Å². The van der Waals surface area contributed by atoms with Crippen LogP contribution in [0.15, 0.2) is 0 Å². The lowest BCUT2D eigenvalue weighted by atomic mass is 10.4. The van der Waals surface area contributed by atoms with Crippen LogP contribution in [0.25, 0.3) is 0 Å². The van der Waals surface area contributed by atoms with Crippen molar-refractivity contribution in [3.05, 3.63) is 0 Å². The minimum atomic E-state index is -0.760. The van der Waals surface area contributed by atoms with Crippen LogP contribution >= 0.6 is 0 Å². The Morgan fingerprint density at radius 3 is 2.00 bits per heavy atom. The second kappa shape index (κ2) is 9.74. The van der Waals surface area contributed by atoms with E-state index in [9.17, 15) is 9.59 Å². The van der Waals surface area contributed by atoms with Gasteiger partial charge in [0.2, 0.25) is 0 Å². The first-order valence-electron chi connectivity index (χ1n) is 5.73. The minimum Gasteiger partial charge on any atom is -0.434 e. The average Bonchev–Trinajstić information content (AvgIpc) is 2.31. The molecular weight excluding hydrogens is 228 g/mol. The fourth-order valence-corrected chi connectivity index (χ4v) is 0.830. The van der Waals surface area contributed by atoms with Gasteiger partial charge in [0, 0.05) is 0 Å². The topological polar surface area (TPSA) is 71.1 Å². The van der Waals surface area contributed by atoms with Crippen molar-refractivity contribution in [2.75, 3.05) is 19.8 Å². The van der Waals surface area contributed by atoms with Gasteiger partial charge in [0.05, 0.1) is 13.2 Å². The summed E-state index contributed by atoms with van der Waals surface area (Å²) in [6.45, 7) is 5.92. The van der Waals surface area contributed by atoms with Gasteiger partial charge in [0.1, 0.15) is 12.7 Å². The van der Waals surface area contributed by atoms with Crippen LogP contribution in [-0.4, -0.2) is 38.2 Å². The quantitative estimate of drug-likeness (QED) is 0.644. The first-order valence-corrected chi connectivity index (χ1v) is 5.73. The van der Waals surface area contributed by atoms with Gasteiger partial charge in [0.25, 0.3) is 0 Å². The maximum Gasteiger partial charge on any atom is 0.508 e. The minimum absolute atomic E-state index is 0.0518. The Balaban J connectivity index is 3.60. The van der Waals surface area contributed by atoms with E-state index in [1.165, 1.54) is 0 Å². The van der Waals surface area contributed by atoms with Crippen molar-refractivity contribution in [2.24, 2.45) is 0 Å². The number of carbonyl (C=O) groups excluding carboxylic acids is 2. The summed E-state index contributed by atoms with van der Waals surface area (Å²) in [6, 6.07) is 0. The van der Waals surface area contributed by atoms with Crippen LogP contribution in [-0.2, 0) is 18.9 Å². The zero-order chi connectivity index (χ0) is 13.1. The molecule has 0 fully saturated rings. The lowest BCUT2D eigenvalue weighted by molar-refractivity contribution is -0.0106. The van der Waals surface area contributed by atoms with Crippen molar-refractivity contribution in [1.29, 1.82) is 0 Å². The van der Waals surface area contributed by atoms with Crippen LogP contribution < -0.4 is 0 Å². The molecule has 0 aromatic carbocycles. The SMILES string of the molecule is CCCOC(=O)OCC(C)OC(=O)OCCC. The maximum atomic E-state index is 11.0. The van der Waals surface area contributed by atoms with E-state index in [4.69, 9.17) is 14.2 Å². The molecule has 100 valence electrons. The molecule has 1 unspecified atom stereocenters. The highest BCUT2D eigenvalue weighted by molar-refractivity contribution is 5.61. The van der Waals surface area contributed by atoms with E-state index >= 15 is 0 Å². The second-order valence-corrected chi connectivity index (χ2v) is 3.44. The molecule has 0 aliphatic heterocycles. The molecule has 0 rings (SSSR count). The van der Waals surface area contributed by atoms with Gasteiger partial charge in [-0.25, -0.2) is 9.59 Å². The third-order valence-electron chi connectivity index (χ3n) is 1.58. The number of hydrogen-bond acceptors (Lipinski definition) is 6. The van der Waals surface area contributed by atoms with Gasteiger partial charge < -0.3 is 18.9 Å². The van der Waals surface area contributed by atoms with E-state index in [0.717, 1.165) is 12.8 Å². The molecule has 0 aromatic heterocycles. The van der Waals surface area contributed by atoms with Crippen molar-refractivity contribution in [2.45, 2.75) is 39.7 Å². The lowest BCUT2D eigenvalue weighted by Gasteiger charge is -2.13. The van der Waals surface area contributed by atoms with Gasteiger partial charge in [-0.15, -0.1) is 0 Å². The Labute approximate surface area is 101 Å². The van der Waals surface area contributed by atoms with E-state index in [1.54, 1.807) is 6.92 Å². The Kier molecular flexibility index (Phi) is 8.91. The summed E-state index contributed by atoms with van der Waals surface area (Å²) in [5, 5.41) is 0. The zero-order valence-corrected chi connectivity index (χ0v) is 10.6. The average molecular weight is 248 g/mol. The smallest absolute Gasteiger partial charge is 0.434 e. The maximum absolute atomic E-state index is 11.0. The van der Waals surface area contributed by atoms with Crippen LogP contribution in [0.5, 0.6) is 0 Å². The summed E-state index contributed by atoms with van der Waals surface area (Å²) in [5.74, 6) is 0. The summed E-state index contributed by atoms with van der Waals surface area (Å²) in [5.41, 5.74) is 0. The fourth-order valence-electron chi connectivity index (χ4n) is 0.830. The molecule has 0 aliphatic carbocycles. The molecule has 0 N–H and O–H groups in total. The third kappa shape index (κ3) is 9.47. The van der Waals surface area contributed by atoms with Crippen molar-refractivity contribution in [1.82, 2.24) is 0 Å². The molecular formula is C11H20O6. The molecule has 0 aliphatic rings. The Morgan fingerprint density at radius 1 is 0.941 bits per heavy atom. The van der Waals surface area contributed by atoms with E-state index in [1.807, 2.05) is 13.8 Å². The summed E-state index contributed by atoms with van der Waals surface area (Å²) in [4.78, 5) is 22.0. The molecule has 17 heavy (non-hydrogen) atoms. The molecule has 0 aromatic rings. The van der Waals surface area contributed by atoms with E-state index in [-0.39, 0.29) is 6.61 Å². The van der Waals surface area contributed by atoms with Gasteiger partial charge in [-0.2, -0.15) is 0 Å². The first kappa shape index (κ1) is 15.5. The van der Waals surface area contributed by atoms with E-state index < -0.39 is 18.4 Å². The molecule has 6 heteroatoms. The zero-order valence-electron chi connectivity index (χ0n) is 10.6. The van der Waals surface area contributed by atoms with Crippen molar-refractivity contribution < 1.29 is 28.5 Å². The van der Waals surface area contributed by atoms with Gasteiger partial charge >= 0.3 is 12.3 Å². The molecule has 0 saturated heterocycles. The second-order valence-electron chi connectivity index (χ2n) is 3.44. The fraction of sp³-hybridized carbons (Fsp3) is 0.818. The summed E-state index contributed by atoms with van der Waals surface area (Å²) in [7, 11) is 0. The molecule has 0 bridgehead atoms. The molecule has 0 amide bonds. The van der Waals surface area contributed by atoms with Crippen LogP contribution in [0.4, 0.5) is 9.59 Å². The van der Waals surface area contributed by atoms with Gasteiger partial charge in [-0.1, -0.05) is 13.8 Å². The highest BCUT2D eigenvalue weighted by Gasteiger charge is 2.13. The predicted molar refractivity (Wildman–Crippen MR) is 59.8 cm³/mol. The molecule has 0 spiro atoms.